The lowest BCUT2D eigenvalue weighted by Gasteiger charge is -2.22. The number of nitrogens with zero attached hydrogens (tertiary/aromatic N) is 1. The predicted molar refractivity (Wildman–Crippen MR) is 52.9 cm³/mol. The Morgan fingerprint density at radius 2 is 1.75 bits per heavy atom. The summed E-state index contributed by atoms with van der Waals surface area (Å²) in [6.45, 7) is -0.461. The number of amides is 1. The van der Waals surface area contributed by atoms with Gasteiger partial charge in [-0.1, -0.05) is 0 Å². The van der Waals surface area contributed by atoms with Crippen molar-refractivity contribution in [1.29, 1.82) is 0 Å². The number of carboxylic acid groups (broad SMARTS) is 2. The summed E-state index contributed by atoms with van der Waals surface area (Å²) < 4.78 is 0. The molecule has 1 fully saturated rings. The SMILES string of the molecule is O=C(O)CN(CC(=O)O)C(=O)[C@H]1CCCN1. The number of hydrogen-bond acceptors (Lipinski definition) is 4. The van der Waals surface area contributed by atoms with E-state index in [-0.39, 0.29) is 0 Å². The molecule has 1 heterocycles. The maximum absolute atomic E-state index is 11.8. The van der Waals surface area contributed by atoms with Crippen molar-refractivity contribution in [3.05, 3.63) is 0 Å². The Morgan fingerprint density at radius 3 is 2.12 bits per heavy atom. The Hall–Kier alpha value is -1.63. The Balaban J connectivity index is 2.62. The van der Waals surface area contributed by atoms with E-state index in [4.69, 9.17) is 10.2 Å². The molecular weight excluding hydrogens is 216 g/mol. The predicted octanol–water partition coefficient (Wildman–Crippen LogP) is -1.26. The number of carbonyl (C=O) groups excluding carboxylic acids is 1. The molecule has 90 valence electrons. The van der Waals surface area contributed by atoms with Crippen LogP contribution in [0.4, 0.5) is 0 Å². The van der Waals surface area contributed by atoms with Crippen LogP contribution in [0, 0.1) is 0 Å². The number of hydrogen-bond donors (Lipinski definition) is 3. The first-order valence-corrected chi connectivity index (χ1v) is 4.96. The van der Waals surface area contributed by atoms with Gasteiger partial charge in [-0.25, -0.2) is 0 Å². The molecule has 0 aromatic heterocycles. The van der Waals surface area contributed by atoms with Gasteiger partial charge in [0.15, 0.2) is 0 Å². The highest BCUT2D eigenvalue weighted by Gasteiger charge is 2.29. The number of rotatable bonds is 5. The molecule has 0 radical (unpaired) electrons. The second kappa shape index (κ2) is 5.45. The smallest absolute Gasteiger partial charge is 0.323 e. The molecule has 1 rings (SSSR count). The third kappa shape index (κ3) is 3.50. The fourth-order valence-corrected chi connectivity index (χ4v) is 1.65. The van der Waals surface area contributed by atoms with Crippen LogP contribution in [0.15, 0.2) is 0 Å². The van der Waals surface area contributed by atoms with Crippen LogP contribution in [-0.4, -0.2) is 58.6 Å². The van der Waals surface area contributed by atoms with E-state index in [2.05, 4.69) is 5.32 Å². The maximum Gasteiger partial charge on any atom is 0.323 e. The molecule has 1 aliphatic rings. The fourth-order valence-electron chi connectivity index (χ4n) is 1.65. The largest absolute Gasteiger partial charge is 0.480 e. The zero-order valence-electron chi connectivity index (χ0n) is 8.68. The van der Waals surface area contributed by atoms with Crippen molar-refractivity contribution in [2.24, 2.45) is 0 Å². The van der Waals surface area contributed by atoms with E-state index in [1.807, 2.05) is 0 Å². The lowest BCUT2D eigenvalue weighted by atomic mass is 10.2. The van der Waals surface area contributed by atoms with Crippen LogP contribution >= 0.6 is 0 Å². The molecule has 16 heavy (non-hydrogen) atoms. The number of nitrogens with one attached hydrogen (secondary N) is 1. The van der Waals surface area contributed by atoms with Gasteiger partial charge in [0, 0.05) is 0 Å². The number of carboxylic acids is 2. The second-order valence-corrected chi connectivity index (χ2v) is 3.63. The molecule has 3 N–H and O–H groups in total. The van der Waals surface area contributed by atoms with Crippen LogP contribution in [0.2, 0.25) is 0 Å². The summed E-state index contributed by atoms with van der Waals surface area (Å²) in [7, 11) is 0. The third-order valence-corrected chi connectivity index (χ3v) is 2.32. The Bertz CT molecular complexity index is 282. The van der Waals surface area contributed by atoms with E-state index in [0.717, 1.165) is 11.3 Å². The van der Waals surface area contributed by atoms with Crippen LogP contribution in [-0.2, 0) is 14.4 Å². The minimum absolute atomic E-state index is 0.446. The molecule has 7 heteroatoms. The van der Waals surface area contributed by atoms with Gasteiger partial charge in [-0.05, 0) is 19.4 Å². The van der Waals surface area contributed by atoms with Crippen LogP contribution in [0.5, 0.6) is 0 Å². The quantitative estimate of drug-likeness (QED) is 0.544. The topological polar surface area (TPSA) is 107 Å². The fraction of sp³-hybridized carbons (Fsp3) is 0.667. The first-order chi connectivity index (χ1) is 7.50. The van der Waals surface area contributed by atoms with Gasteiger partial charge >= 0.3 is 11.9 Å². The molecule has 1 atom stereocenters. The van der Waals surface area contributed by atoms with Gasteiger partial charge in [0.25, 0.3) is 0 Å². The van der Waals surface area contributed by atoms with Crippen molar-refractivity contribution in [1.82, 2.24) is 10.2 Å². The first-order valence-electron chi connectivity index (χ1n) is 4.96. The molecule has 1 saturated heterocycles. The van der Waals surface area contributed by atoms with Crippen LogP contribution in [0.1, 0.15) is 12.8 Å². The molecular formula is C9H14N2O5. The van der Waals surface area contributed by atoms with E-state index >= 15 is 0 Å². The van der Waals surface area contributed by atoms with E-state index in [1.54, 1.807) is 0 Å². The average molecular weight is 230 g/mol. The molecule has 0 aromatic rings. The van der Waals surface area contributed by atoms with Gasteiger partial charge in [0.2, 0.25) is 5.91 Å². The van der Waals surface area contributed by atoms with Gasteiger partial charge in [-0.15, -0.1) is 0 Å². The minimum Gasteiger partial charge on any atom is -0.480 e. The van der Waals surface area contributed by atoms with E-state index in [0.29, 0.717) is 13.0 Å². The molecule has 0 bridgehead atoms. The molecule has 0 aromatic carbocycles. The van der Waals surface area contributed by atoms with E-state index < -0.39 is 37.0 Å². The van der Waals surface area contributed by atoms with E-state index in [9.17, 15) is 14.4 Å². The molecule has 0 saturated carbocycles. The molecule has 1 aliphatic heterocycles. The molecule has 0 aliphatic carbocycles. The Morgan fingerprint density at radius 1 is 1.19 bits per heavy atom. The zero-order valence-corrected chi connectivity index (χ0v) is 8.68. The van der Waals surface area contributed by atoms with Crippen molar-refractivity contribution in [3.8, 4) is 0 Å². The summed E-state index contributed by atoms with van der Waals surface area (Å²) in [6.07, 6.45) is 1.46. The minimum atomic E-state index is -1.22. The van der Waals surface area contributed by atoms with Crippen LogP contribution in [0.3, 0.4) is 0 Å². The summed E-state index contributed by atoms with van der Waals surface area (Å²) in [5.41, 5.74) is 0. The monoisotopic (exact) mass is 230 g/mol. The maximum atomic E-state index is 11.8. The Kier molecular flexibility index (Phi) is 4.24. The van der Waals surface area contributed by atoms with Crippen molar-refractivity contribution in [2.75, 3.05) is 19.6 Å². The van der Waals surface area contributed by atoms with Crippen LogP contribution < -0.4 is 5.32 Å². The van der Waals surface area contributed by atoms with Crippen molar-refractivity contribution in [3.63, 3.8) is 0 Å². The second-order valence-electron chi connectivity index (χ2n) is 3.63. The van der Waals surface area contributed by atoms with Gasteiger partial charge in [-0.3, -0.25) is 14.4 Å². The summed E-state index contributed by atoms with van der Waals surface area (Å²) in [6, 6.07) is -0.446. The van der Waals surface area contributed by atoms with Crippen molar-refractivity contribution in [2.45, 2.75) is 18.9 Å². The summed E-state index contributed by atoms with van der Waals surface area (Å²) in [5.74, 6) is -2.89. The zero-order chi connectivity index (χ0) is 12.1. The summed E-state index contributed by atoms with van der Waals surface area (Å²) >= 11 is 0. The third-order valence-electron chi connectivity index (χ3n) is 2.32. The molecule has 1 amide bonds. The van der Waals surface area contributed by atoms with Gasteiger partial charge in [0.05, 0.1) is 6.04 Å². The highest BCUT2D eigenvalue weighted by molar-refractivity contribution is 5.88. The summed E-state index contributed by atoms with van der Waals surface area (Å²) in [5, 5.41) is 20.1. The Labute approximate surface area is 92.0 Å². The van der Waals surface area contributed by atoms with Gasteiger partial charge in [0.1, 0.15) is 13.1 Å². The normalized spacial score (nSPS) is 19.4. The van der Waals surface area contributed by atoms with Crippen molar-refractivity contribution >= 4 is 17.8 Å². The van der Waals surface area contributed by atoms with Crippen molar-refractivity contribution < 1.29 is 24.6 Å². The summed E-state index contributed by atoms with van der Waals surface area (Å²) in [4.78, 5) is 33.6. The number of carbonyl (C=O) groups is 3. The van der Waals surface area contributed by atoms with Gasteiger partial charge < -0.3 is 20.4 Å². The standard InChI is InChI=1S/C9H14N2O5/c12-7(13)4-11(5-8(14)15)9(16)6-2-1-3-10-6/h6,10H,1-5H2,(H,12,13)(H,14,15)/t6-/m1/s1. The van der Waals surface area contributed by atoms with Crippen LogP contribution in [0.25, 0.3) is 0 Å². The lowest BCUT2D eigenvalue weighted by molar-refractivity contribution is -0.150. The van der Waals surface area contributed by atoms with E-state index in [1.165, 1.54) is 0 Å². The number of aliphatic carboxylic acids is 2. The molecule has 0 spiro atoms. The highest BCUT2D eigenvalue weighted by atomic mass is 16.4. The molecule has 7 nitrogen and oxygen atoms in total. The molecule has 0 unspecified atom stereocenters. The average Bonchev–Trinajstić information content (AvgIpc) is 2.66. The lowest BCUT2D eigenvalue weighted by Crippen LogP contribution is -2.47. The highest BCUT2D eigenvalue weighted by Crippen LogP contribution is 2.08. The van der Waals surface area contributed by atoms with Gasteiger partial charge in [-0.2, -0.15) is 0 Å². The first kappa shape index (κ1) is 12.4.